The molecule has 6 nitrogen and oxygen atoms in total. The van der Waals surface area contributed by atoms with Crippen molar-refractivity contribution < 1.29 is 23.2 Å². The summed E-state index contributed by atoms with van der Waals surface area (Å²) in [6.45, 7) is -0.655. The molecule has 0 saturated heterocycles. The maximum atomic E-state index is 10.5. The number of aliphatic hydroxyl groups is 2. The van der Waals surface area contributed by atoms with Gasteiger partial charge >= 0.3 is 10.3 Å². The highest BCUT2D eigenvalue weighted by atomic mass is 32.2. The van der Waals surface area contributed by atoms with Crippen molar-refractivity contribution in [3.05, 3.63) is 0 Å². The fraction of sp³-hybridized carbons (Fsp3) is 1.00. The van der Waals surface area contributed by atoms with E-state index in [1.54, 1.807) is 0 Å². The summed E-state index contributed by atoms with van der Waals surface area (Å²) in [5.74, 6) is 0. The van der Waals surface area contributed by atoms with Crippen LogP contribution in [0, 0.1) is 0 Å². The van der Waals surface area contributed by atoms with Gasteiger partial charge in [-0.25, -0.2) is 0 Å². The average Bonchev–Trinajstić information content (AvgIpc) is 1.95. The van der Waals surface area contributed by atoms with E-state index in [0.29, 0.717) is 4.31 Å². The summed E-state index contributed by atoms with van der Waals surface area (Å²) in [7, 11) is -4.24. The van der Waals surface area contributed by atoms with E-state index in [2.05, 4.69) is 0 Å². The van der Waals surface area contributed by atoms with Crippen LogP contribution in [-0.2, 0) is 10.3 Å². The number of rotatable bonds is 6. The van der Waals surface area contributed by atoms with E-state index >= 15 is 0 Å². The summed E-state index contributed by atoms with van der Waals surface area (Å²) in [5, 5.41) is 16.8. The lowest BCUT2D eigenvalue weighted by Crippen LogP contribution is -2.34. The van der Waals surface area contributed by atoms with Gasteiger partial charge in [0.15, 0.2) is 0 Å². The molecule has 0 atom stereocenters. The van der Waals surface area contributed by atoms with Crippen LogP contribution in [0.15, 0.2) is 0 Å². The van der Waals surface area contributed by atoms with Crippen molar-refractivity contribution in [1.29, 1.82) is 0 Å². The van der Waals surface area contributed by atoms with Gasteiger partial charge in [0.2, 0.25) is 0 Å². The van der Waals surface area contributed by atoms with Crippen molar-refractivity contribution >= 4 is 10.3 Å². The zero-order chi connectivity index (χ0) is 9.61. The molecule has 0 spiro atoms. The van der Waals surface area contributed by atoms with Crippen molar-refractivity contribution in [2.24, 2.45) is 0 Å². The SMILES string of the molecule is O=S(=O)(O)N(CCO)CCCO. The summed E-state index contributed by atoms with van der Waals surface area (Å²) in [6.07, 6.45) is 0.236. The van der Waals surface area contributed by atoms with Gasteiger partial charge in [0.05, 0.1) is 6.61 Å². The van der Waals surface area contributed by atoms with E-state index in [4.69, 9.17) is 14.8 Å². The Morgan fingerprint density at radius 2 is 1.67 bits per heavy atom. The molecule has 0 aromatic carbocycles. The zero-order valence-corrected chi connectivity index (χ0v) is 7.37. The van der Waals surface area contributed by atoms with Crippen LogP contribution in [0.4, 0.5) is 0 Å². The molecule has 3 N–H and O–H groups in total. The van der Waals surface area contributed by atoms with Gasteiger partial charge in [-0.05, 0) is 6.42 Å². The molecule has 0 unspecified atom stereocenters. The van der Waals surface area contributed by atoms with Gasteiger partial charge in [-0.2, -0.15) is 12.7 Å². The molecule has 0 heterocycles. The first-order chi connectivity index (χ1) is 5.52. The summed E-state index contributed by atoms with van der Waals surface area (Å²) in [5.41, 5.74) is 0. The highest BCUT2D eigenvalue weighted by Gasteiger charge is 2.16. The monoisotopic (exact) mass is 199 g/mol. The van der Waals surface area contributed by atoms with E-state index in [-0.39, 0.29) is 32.7 Å². The second kappa shape index (κ2) is 5.44. The molecule has 0 radical (unpaired) electrons. The predicted octanol–water partition coefficient (Wildman–Crippen LogP) is -1.53. The third-order valence-electron chi connectivity index (χ3n) is 1.24. The van der Waals surface area contributed by atoms with Gasteiger partial charge in [-0.15, -0.1) is 0 Å². The number of aliphatic hydroxyl groups excluding tert-OH is 2. The van der Waals surface area contributed by atoms with E-state index < -0.39 is 10.3 Å². The van der Waals surface area contributed by atoms with Crippen LogP contribution in [0.5, 0.6) is 0 Å². The van der Waals surface area contributed by atoms with E-state index in [0.717, 1.165) is 0 Å². The normalized spacial score (nSPS) is 12.3. The van der Waals surface area contributed by atoms with Crippen molar-refractivity contribution in [2.45, 2.75) is 6.42 Å². The molecule has 0 amide bonds. The molecule has 0 aliphatic carbocycles. The van der Waals surface area contributed by atoms with E-state index in [9.17, 15) is 8.42 Å². The van der Waals surface area contributed by atoms with Crippen molar-refractivity contribution in [2.75, 3.05) is 26.3 Å². The molecular formula is C5H13NO5S. The van der Waals surface area contributed by atoms with Gasteiger partial charge < -0.3 is 10.2 Å². The van der Waals surface area contributed by atoms with Crippen LogP contribution in [0.2, 0.25) is 0 Å². The Kier molecular flexibility index (Phi) is 5.34. The van der Waals surface area contributed by atoms with Gasteiger partial charge in [0.25, 0.3) is 0 Å². The largest absolute Gasteiger partial charge is 0.396 e. The van der Waals surface area contributed by atoms with Crippen LogP contribution in [0.3, 0.4) is 0 Å². The molecule has 0 aromatic rings. The lowest BCUT2D eigenvalue weighted by atomic mass is 10.4. The zero-order valence-electron chi connectivity index (χ0n) is 6.55. The molecule has 12 heavy (non-hydrogen) atoms. The van der Waals surface area contributed by atoms with Crippen molar-refractivity contribution in [3.8, 4) is 0 Å². The fourth-order valence-electron chi connectivity index (χ4n) is 0.701. The summed E-state index contributed by atoms with van der Waals surface area (Å²) in [4.78, 5) is 0. The minimum absolute atomic E-state index is 0.00981. The Labute approximate surface area is 71.3 Å². The molecule has 0 aliphatic rings. The number of hydrogen-bond donors (Lipinski definition) is 3. The molecule has 0 aliphatic heterocycles. The summed E-state index contributed by atoms with van der Waals surface area (Å²) >= 11 is 0. The molecule has 74 valence electrons. The van der Waals surface area contributed by atoms with E-state index in [1.165, 1.54) is 0 Å². The lowest BCUT2D eigenvalue weighted by molar-refractivity contribution is 0.225. The second-order valence-corrected chi connectivity index (χ2v) is 3.59. The molecule has 0 fully saturated rings. The predicted molar refractivity (Wildman–Crippen MR) is 41.9 cm³/mol. The molecule has 7 heteroatoms. The number of hydrogen-bond acceptors (Lipinski definition) is 4. The van der Waals surface area contributed by atoms with Gasteiger partial charge in [-0.3, -0.25) is 4.55 Å². The lowest BCUT2D eigenvalue weighted by Gasteiger charge is -2.15. The maximum absolute atomic E-state index is 10.5. The quantitative estimate of drug-likeness (QED) is 0.451. The molecule has 0 rings (SSSR count). The molecule has 0 bridgehead atoms. The van der Waals surface area contributed by atoms with E-state index in [1.807, 2.05) is 0 Å². The Morgan fingerprint density at radius 1 is 1.08 bits per heavy atom. The molecular weight excluding hydrogens is 186 g/mol. The Balaban J connectivity index is 4.05. The smallest absolute Gasteiger partial charge is 0.335 e. The topological polar surface area (TPSA) is 98.1 Å². The first-order valence-corrected chi connectivity index (χ1v) is 4.86. The average molecular weight is 199 g/mol. The molecule has 0 saturated carbocycles. The Morgan fingerprint density at radius 3 is 2.00 bits per heavy atom. The summed E-state index contributed by atoms with van der Waals surface area (Å²) in [6, 6.07) is 0. The fourth-order valence-corrected chi connectivity index (χ4v) is 1.37. The maximum Gasteiger partial charge on any atom is 0.335 e. The van der Waals surface area contributed by atoms with Crippen molar-refractivity contribution in [3.63, 3.8) is 0 Å². The summed E-state index contributed by atoms with van der Waals surface area (Å²) < 4.78 is 30.3. The molecule has 0 aromatic heterocycles. The first-order valence-electron chi connectivity index (χ1n) is 3.46. The highest BCUT2D eigenvalue weighted by molar-refractivity contribution is 7.83. The Bertz CT molecular complexity index is 202. The van der Waals surface area contributed by atoms with Crippen LogP contribution >= 0.6 is 0 Å². The van der Waals surface area contributed by atoms with Gasteiger partial charge in [0.1, 0.15) is 0 Å². The first kappa shape index (κ1) is 11.8. The Hall–Kier alpha value is -0.210. The third kappa shape index (κ3) is 4.62. The number of nitrogens with zero attached hydrogens (tertiary/aromatic N) is 1. The highest BCUT2D eigenvalue weighted by Crippen LogP contribution is 1.97. The minimum Gasteiger partial charge on any atom is -0.396 e. The van der Waals surface area contributed by atoms with Gasteiger partial charge in [-0.1, -0.05) is 0 Å². The van der Waals surface area contributed by atoms with Gasteiger partial charge in [0, 0.05) is 19.7 Å². The second-order valence-electron chi connectivity index (χ2n) is 2.18. The van der Waals surface area contributed by atoms with Crippen LogP contribution in [-0.4, -0.2) is 53.8 Å². The van der Waals surface area contributed by atoms with Crippen LogP contribution < -0.4 is 0 Å². The third-order valence-corrected chi connectivity index (χ3v) is 2.26. The standard InChI is InChI=1S/C5H13NO5S/c7-4-1-2-6(3-5-8)12(9,10)11/h7-8H,1-5H2,(H,9,10,11). The minimum atomic E-state index is -4.24. The van der Waals surface area contributed by atoms with Crippen LogP contribution in [0.1, 0.15) is 6.42 Å². The van der Waals surface area contributed by atoms with Crippen molar-refractivity contribution in [1.82, 2.24) is 4.31 Å². The van der Waals surface area contributed by atoms with Crippen LogP contribution in [0.25, 0.3) is 0 Å².